The predicted molar refractivity (Wildman–Crippen MR) is 179 cm³/mol. The van der Waals surface area contributed by atoms with Gasteiger partial charge in [0.05, 0.1) is 0 Å². The molecule has 1 heterocycles. The Hall–Kier alpha value is -5.28. The smallest absolute Gasteiger partial charge is 0.0492 e. The third-order valence-corrected chi connectivity index (χ3v) is 8.06. The number of hydrogen-bond donors (Lipinski definition) is 0. The summed E-state index contributed by atoms with van der Waals surface area (Å²) in [4.78, 5) is 4.70. The van der Waals surface area contributed by atoms with Gasteiger partial charge in [-0.1, -0.05) is 72.8 Å². The summed E-state index contributed by atoms with van der Waals surface area (Å²) in [6.07, 6.45) is 0. The minimum absolute atomic E-state index is 0.903. The molecule has 0 bridgehead atoms. The van der Waals surface area contributed by atoms with Crippen LogP contribution in [0.15, 0.2) is 152 Å². The average molecular weight is 544 g/mol. The summed E-state index contributed by atoms with van der Waals surface area (Å²) in [5.41, 5.74) is 10.6. The Morgan fingerprint density at radius 1 is 0.452 bits per heavy atom. The van der Waals surface area contributed by atoms with Gasteiger partial charge < -0.3 is 14.4 Å². The van der Waals surface area contributed by atoms with Gasteiger partial charge in [0.25, 0.3) is 0 Å². The first-order valence-electron chi connectivity index (χ1n) is 14.6. The van der Waals surface area contributed by atoms with Crippen molar-refractivity contribution in [3.8, 4) is 0 Å². The topological polar surface area (TPSA) is 11.4 Å². The van der Waals surface area contributed by atoms with Crippen molar-refractivity contribution in [3.05, 3.63) is 157 Å². The molecule has 7 aromatic rings. The van der Waals surface area contributed by atoms with Gasteiger partial charge in [-0.15, -0.1) is 0 Å². The van der Waals surface area contributed by atoms with Gasteiger partial charge in [-0.05, 0) is 98.3 Å². The number of para-hydroxylation sites is 4. The Labute approximate surface area is 247 Å². The van der Waals surface area contributed by atoms with Crippen molar-refractivity contribution >= 4 is 55.9 Å². The molecule has 0 amide bonds. The van der Waals surface area contributed by atoms with Gasteiger partial charge in [-0.2, -0.15) is 0 Å². The first-order chi connectivity index (χ1) is 20.7. The first kappa shape index (κ1) is 25.7. The van der Waals surface area contributed by atoms with Crippen LogP contribution < -0.4 is 9.80 Å². The van der Waals surface area contributed by atoms with Gasteiger partial charge in [-0.25, -0.2) is 0 Å². The minimum Gasteiger partial charge on any atom is -0.341 e. The molecule has 0 aliphatic rings. The normalized spacial score (nSPS) is 11.2. The maximum atomic E-state index is 2.42. The number of aromatic nitrogens is 1. The average Bonchev–Trinajstić information content (AvgIpc) is 3.36. The highest BCUT2D eigenvalue weighted by molar-refractivity contribution is 6.11. The lowest BCUT2D eigenvalue weighted by molar-refractivity contribution is 0.827. The van der Waals surface area contributed by atoms with Crippen molar-refractivity contribution < 1.29 is 0 Å². The number of nitrogens with zero attached hydrogens (tertiary/aromatic N) is 3. The molecule has 42 heavy (non-hydrogen) atoms. The molecule has 0 saturated carbocycles. The number of rotatable bonds is 7. The van der Waals surface area contributed by atoms with Gasteiger partial charge in [0.2, 0.25) is 0 Å². The summed E-state index contributed by atoms with van der Waals surface area (Å²) in [7, 11) is 0. The van der Waals surface area contributed by atoms with E-state index in [0.717, 1.165) is 35.0 Å². The number of benzene rings is 6. The Morgan fingerprint density at radius 3 is 1.36 bits per heavy atom. The maximum absolute atomic E-state index is 2.42. The van der Waals surface area contributed by atoms with Crippen LogP contribution in [0.25, 0.3) is 21.8 Å². The van der Waals surface area contributed by atoms with Gasteiger partial charge >= 0.3 is 0 Å². The van der Waals surface area contributed by atoms with Gasteiger partial charge in [0.15, 0.2) is 0 Å². The molecule has 204 valence electrons. The number of aryl methyl sites for hydroxylation is 2. The Balaban J connectivity index is 1.46. The van der Waals surface area contributed by atoms with E-state index in [2.05, 4.69) is 180 Å². The van der Waals surface area contributed by atoms with Crippen molar-refractivity contribution in [1.82, 2.24) is 4.57 Å². The minimum atomic E-state index is 0.903. The fourth-order valence-corrected chi connectivity index (χ4v) is 6.12. The SMILES string of the molecule is CCn1c2ccc(N(c3ccccc3)c3ccccc3)cc2c2cc(N(c3ccccc3)c3ccccc3C)ccc21. The number of hydrogen-bond acceptors (Lipinski definition) is 2. The van der Waals surface area contributed by atoms with E-state index in [9.17, 15) is 0 Å². The molecule has 0 aliphatic carbocycles. The standard InChI is InChI=1S/C39H33N3/c1-3-40-38-25-23-33(41(30-16-7-4-8-17-30)31-18-9-5-10-19-31)27-35(38)36-28-34(24-26-39(36)40)42(32-20-11-6-12-21-32)37-22-14-13-15-29(37)2/h4-28H,3H2,1-2H3. The molecule has 6 aromatic carbocycles. The molecule has 0 unspecified atom stereocenters. The zero-order valence-electron chi connectivity index (χ0n) is 24.0. The molecule has 0 spiro atoms. The fraction of sp³-hybridized carbons (Fsp3) is 0.0769. The van der Waals surface area contributed by atoms with E-state index in [0.29, 0.717) is 0 Å². The molecule has 3 nitrogen and oxygen atoms in total. The lowest BCUT2D eigenvalue weighted by Crippen LogP contribution is -2.11. The van der Waals surface area contributed by atoms with Crippen LogP contribution >= 0.6 is 0 Å². The quantitative estimate of drug-likeness (QED) is 0.198. The van der Waals surface area contributed by atoms with Crippen molar-refractivity contribution in [2.24, 2.45) is 0 Å². The zero-order chi connectivity index (χ0) is 28.5. The van der Waals surface area contributed by atoms with Crippen LogP contribution in [0.2, 0.25) is 0 Å². The van der Waals surface area contributed by atoms with E-state index >= 15 is 0 Å². The third kappa shape index (κ3) is 4.49. The van der Waals surface area contributed by atoms with Crippen LogP contribution in [0.3, 0.4) is 0 Å². The highest BCUT2D eigenvalue weighted by atomic mass is 15.1. The number of fused-ring (bicyclic) bond motifs is 3. The Morgan fingerprint density at radius 2 is 0.881 bits per heavy atom. The van der Waals surface area contributed by atoms with Crippen LogP contribution in [0, 0.1) is 6.92 Å². The highest BCUT2D eigenvalue weighted by Gasteiger charge is 2.19. The van der Waals surface area contributed by atoms with Crippen molar-refractivity contribution in [2.75, 3.05) is 9.80 Å². The van der Waals surface area contributed by atoms with Crippen molar-refractivity contribution in [2.45, 2.75) is 20.4 Å². The van der Waals surface area contributed by atoms with Crippen LogP contribution in [-0.2, 0) is 6.54 Å². The van der Waals surface area contributed by atoms with E-state index in [1.165, 1.54) is 33.1 Å². The van der Waals surface area contributed by atoms with Crippen LogP contribution in [0.1, 0.15) is 12.5 Å². The van der Waals surface area contributed by atoms with Gasteiger partial charge in [-0.3, -0.25) is 0 Å². The van der Waals surface area contributed by atoms with E-state index in [-0.39, 0.29) is 0 Å². The second kappa shape index (κ2) is 10.9. The summed E-state index contributed by atoms with van der Waals surface area (Å²) in [5.74, 6) is 0. The molecule has 0 N–H and O–H groups in total. The largest absolute Gasteiger partial charge is 0.341 e. The summed E-state index contributed by atoms with van der Waals surface area (Å²) >= 11 is 0. The number of anilines is 6. The lowest BCUT2D eigenvalue weighted by atomic mass is 10.1. The molecule has 0 radical (unpaired) electrons. The zero-order valence-corrected chi connectivity index (χ0v) is 24.0. The second-order valence-electron chi connectivity index (χ2n) is 10.6. The van der Waals surface area contributed by atoms with Gasteiger partial charge in [0, 0.05) is 62.5 Å². The molecule has 0 atom stereocenters. The van der Waals surface area contributed by atoms with E-state index < -0.39 is 0 Å². The van der Waals surface area contributed by atoms with E-state index in [1.807, 2.05) is 0 Å². The summed E-state index contributed by atoms with van der Waals surface area (Å²) < 4.78 is 2.42. The molecule has 7 rings (SSSR count). The van der Waals surface area contributed by atoms with Crippen LogP contribution in [-0.4, -0.2) is 4.57 Å². The van der Waals surface area contributed by atoms with Crippen LogP contribution in [0.4, 0.5) is 34.1 Å². The molecule has 3 heteroatoms. The second-order valence-corrected chi connectivity index (χ2v) is 10.6. The summed E-state index contributed by atoms with van der Waals surface area (Å²) in [6.45, 7) is 5.31. The summed E-state index contributed by atoms with van der Waals surface area (Å²) in [5, 5.41) is 2.50. The third-order valence-electron chi connectivity index (χ3n) is 8.06. The van der Waals surface area contributed by atoms with Crippen LogP contribution in [0.5, 0.6) is 0 Å². The molecule has 0 fully saturated rings. The monoisotopic (exact) mass is 543 g/mol. The first-order valence-corrected chi connectivity index (χ1v) is 14.6. The summed E-state index contributed by atoms with van der Waals surface area (Å²) in [6, 6.07) is 54.3. The molecule has 1 aromatic heterocycles. The Kier molecular flexibility index (Phi) is 6.69. The lowest BCUT2D eigenvalue weighted by Gasteiger charge is -2.27. The van der Waals surface area contributed by atoms with E-state index in [4.69, 9.17) is 0 Å². The van der Waals surface area contributed by atoms with Crippen molar-refractivity contribution in [1.29, 1.82) is 0 Å². The van der Waals surface area contributed by atoms with Crippen molar-refractivity contribution in [3.63, 3.8) is 0 Å². The molecular weight excluding hydrogens is 510 g/mol. The Bertz CT molecular complexity index is 1940. The molecular formula is C39H33N3. The molecule has 0 aliphatic heterocycles. The molecule has 0 saturated heterocycles. The van der Waals surface area contributed by atoms with Gasteiger partial charge in [0.1, 0.15) is 0 Å². The fourth-order valence-electron chi connectivity index (χ4n) is 6.12. The van der Waals surface area contributed by atoms with E-state index in [1.54, 1.807) is 0 Å². The highest BCUT2D eigenvalue weighted by Crippen LogP contribution is 2.42. The predicted octanol–water partition coefficient (Wildman–Crippen LogP) is 11.1. The maximum Gasteiger partial charge on any atom is 0.0492 e.